The van der Waals surface area contributed by atoms with E-state index in [9.17, 15) is 9.50 Å². The molecule has 1 aliphatic carbocycles. The maximum Gasteiger partial charge on any atom is 0.139 e. The van der Waals surface area contributed by atoms with Gasteiger partial charge in [0, 0.05) is 12.2 Å². The zero-order chi connectivity index (χ0) is 15.2. The Hall–Kier alpha value is -0.650. The molecular weight excluding hydrogens is 337 g/mol. The summed E-state index contributed by atoms with van der Waals surface area (Å²) in [7, 11) is 0. The van der Waals surface area contributed by atoms with Crippen LogP contribution in [0.15, 0.2) is 22.7 Å². The molecule has 5 heteroatoms. The first-order valence-electron chi connectivity index (χ1n) is 7.53. The van der Waals surface area contributed by atoms with E-state index in [1.165, 1.54) is 18.9 Å². The lowest BCUT2D eigenvalue weighted by molar-refractivity contribution is -0.0245. The highest BCUT2D eigenvalue weighted by atomic mass is 79.9. The minimum Gasteiger partial charge on any atom is -0.389 e. The quantitative estimate of drug-likeness (QED) is 0.807. The second kappa shape index (κ2) is 8.11. The van der Waals surface area contributed by atoms with Gasteiger partial charge in [-0.2, -0.15) is 0 Å². The molecule has 118 valence electrons. The summed E-state index contributed by atoms with van der Waals surface area (Å²) < 4.78 is 19.5. The number of aliphatic hydroxyl groups is 1. The second-order valence-corrected chi connectivity index (χ2v) is 6.73. The fourth-order valence-corrected chi connectivity index (χ4v) is 2.79. The Bertz CT molecular complexity index is 450. The molecule has 0 spiro atoms. The summed E-state index contributed by atoms with van der Waals surface area (Å²) in [6, 6.07) is 4.81. The average molecular weight is 360 g/mol. The topological polar surface area (TPSA) is 41.5 Å². The molecule has 0 radical (unpaired) electrons. The normalized spacial score (nSPS) is 23.8. The number of hydrogen-bond donors (Lipinski definition) is 2. The van der Waals surface area contributed by atoms with Crippen molar-refractivity contribution in [3.05, 3.63) is 28.5 Å². The predicted octanol–water partition coefficient (Wildman–Crippen LogP) is 3.96. The molecule has 1 aromatic carbocycles. The minimum atomic E-state index is -0.587. The van der Waals surface area contributed by atoms with Crippen molar-refractivity contribution < 1.29 is 14.2 Å². The molecule has 0 aliphatic heterocycles. The molecule has 21 heavy (non-hydrogen) atoms. The van der Waals surface area contributed by atoms with Gasteiger partial charge < -0.3 is 15.2 Å². The summed E-state index contributed by atoms with van der Waals surface area (Å²) in [6.45, 7) is 2.95. The molecule has 3 nitrogen and oxygen atoms in total. The Morgan fingerprint density at radius 2 is 2.10 bits per heavy atom. The van der Waals surface area contributed by atoms with Gasteiger partial charge in [0.15, 0.2) is 0 Å². The largest absolute Gasteiger partial charge is 0.389 e. The van der Waals surface area contributed by atoms with Gasteiger partial charge in [0.25, 0.3) is 0 Å². The lowest BCUT2D eigenvalue weighted by Crippen LogP contribution is -2.29. The highest BCUT2D eigenvalue weighted by Crippen LogP contribution is 2.25. The van der Waals surface area contributed by atoms with Crippen LogP contribution >= 0.6 is 15.9 Å². The predicted molar refractivity (Wildman–Crippen MR) is 86.0 cm³/mol. The molecule has 0 bridgehead atoms. The number of halogens is 2. The molecule has 1 unspecified atom stereocenters. The van der Waals surface area contributed by atoms with Gasteiger partial charge in [-0.1, -0.05) is 6.92 Å². The Morgan fingerprint density at radius 3 is 2.76 bits per heavy atom. The third-order valence-corrected chi connectivity index (χ3v) is 4.59. The summed E-state index contributed by atoms with van der Waals surface area (Å²) in [5.41, 5.74) is 0.654. The monoisotopic (exact) mass is 359 g/mol. The van der Waals surface area contributed by atoms with Crippen LogP contribution in [0.1, 0.15) is 32.6 Å². The third kappa shape index (κ3) is 5.57. The van der Waals surface area contributed by atoms with Crippen molar-refractivity contribution in [3.63, 3.8) is 0 Å². The van der Waals surface area contributed by atoms with Crippen LogP contribution in [-0.4, -0.2) is 30.5 Å². The molecule has 0 saturated heterocycles. The molecule has 0 amide bonds. The number of aliphatic hydroxyl groups excluding tert-OH is 1. The van der Waals surface area contributed by atoms with E-state index in [0.29, 0.717) is 23.3 Å². The molecule has 1 aromatic rings. The number of hydrogen-bond acceptors (Lipinski definition) is 3. The summed E-state index contributed by atoms with van der Waals surface area (Å²) >= 11 is 3.11. The number of anilines is 1. The molecule has 1 fully saturated rings. The van der Waals surface area contributed by atoms with Crippen molar-refractivity contribution in [2.24, 2.45) is 5.92 Å². The average Bonchev–Trinajstić information content (AvgIpc) is 2.48. The van der Waals surface area contributed by atoms with E-state index in [2.05, 4.69) is 28.2 Å². The highest BCUT2D eigenvalue weighted by Gasteiger charge is 2.19. The smallest absolute Gasteiger partial charge is 0.139 e. The molecule has 1 atom stereocenters. The Balaban J connectivity index is 1.67. The van der Waals surface area contributed by atoms with Gasteiger partial charge in [-0.15, -0.1) is 0 Å². The lowest BCUT2D eigenvalue weighted by atomic mass is 9.89. The fourth-order valence-electron chi connectivity index (χ4n) is 2.54. The van der Waals surface area contributed by atoms with Crippen molar-refractivity contribution >= 4 is 21.6 Å². The van der Waals surface area contributed by atoms with Gasteiger partial charge in [-0.25, -0.2) is 4.39 Å². The first-order valence-corrected chi connectivity index (χ1v) is 8.32. The maximum atomic E-state index is 13.4. The van der Waals surface area contributed by atoms with E-state index in [1.807, 2.05) is 0 Å². The highest BCUT2D eigenvalue weighted by molar-refractivity contribution is 9.10. The third-order valence-electron chi connectivity index (χ3n) is 3.95. The van der Waals surface area contributed by atoms with Gasteiger partial charge in [-0.3, -0.25) is 0 Å². The van der Waals surface area contributed by atoms with Crippen molar-refractivity contribution in [3.8, 4) is 0 Å². The van der Waals surface area contributed by atoms with Crippen LogP contribution < -0.4 is 5.32 Å². The first kappa shape index (κ1) is 16.7. The minimum absolute atomic E-state index is 0.279. The van der Waals surface area contributed by atoms with Gasteiger partial charge in [0.2, 0.25) is 0 Å². The van der Waals surface area contributed by atoms with Crippen molar-refractivity contribution in [2.45, 2.75) is 44.8 Å². The van der Waals surface area contributed by atoms with E-state index in [4.69, 9.17) is 4.74 Å². The van der Waals surface area contributed by atoms with Crippen LogP contribution in [0.5, 0.6) is 0 Å². The lowest BCUT2D eigenvalue weighted by Gasteiger charge is -2.27. The van der Waals surface area contributed by atoms with Crippen molar-refractivity contribution in [2.75, 3.05) is 18.5 Å². The van der Waals surface area contributed by atoms with Gasteiger partial charge in [-0.05, 0) is 65.7 Å². The van der Waals surface area contributed by atoms with Crippen LogP contribution in [0, 0.1) is 11.7 Å². The zero-order valence-electron chi connectivity index (χ0n) is 12.3. The van der Waals surface area contributed by atoms with E-state index in [-0.39, 0.29) is 11.9 Å². The van der Waals surface area contributed by atoms with E-state index >= 15 is 0 Å². The van der Waals surface area contributed by atoms with Crippen molar-refractivity contribution in [1.29, 1.82) is 0 Å². The molecule has 0 aromatic heterocycles. The van der Waals surface area contributed by atoms with Crippen LogP contribution in [0.4, 0.5) is 10.1 Å². The summed E-state index contributed by atoms with van der Waals surface area (Å²) in [6.07, 6.45) is 4.27. The maximum absolute atomic E-state index is 13.4. The molecular formula is C16H23BrFNO2. The summed E-state index contributed by atoms with van der Waals surface area (Å²) in [5.74, 6) is 0.478. The van der Waals surface area contributed by atoms with Gasteiger partial charge in [0.1, 0.15) is 5.82 Å². The number of benzene rings is 1. The number of rotatable bonds is 6. The van der Waals surface area contributed by atoms with Crippen LogP contribution in [-0.2, 0) is 4.74 Å². The SMILES string of the molecule is CC1CCC(OCC(O)CNc2ccc(Br)c(F)c2)CC1. The van der Waals surface area contributed by atoms with E-state index < -0.39 is 6.10 Å². The molecule has 1 saturated carbocycles. The van der Waals surface area contributed by atoms with Crippen molar-refractivity contribution in [1.82, 2.24) is 0 Å². The van der Waals surface area contributed by atoms with E-state index in [1.54, 1.807) is 12.1 Å². The Labute approximate surface area is 134 Å². The van der Waals surface area contributed by atoms with Crippen LogP contribution in [0.3, 0.4) is 0 Å². The molecule has 0 heterocycles. The molecule has 2 rings (SSSR count). The number of ether oxygens (including phenoxy) is 1. The number of nitrogens with one attached hydrogen (secondary N) is 1. The first-order chi connectivity index (χ1) is 10.0. The Morgan fingerprint density at radius 1 is 1.38 bits per heavy atom. The Kier molecular flexibility index (Phi) is 6.45. The van der Waals surface area contributed by atoms with Crippen LogP contribution in [0.25, 0.3) is 0 Å². The molecule has 1 aliphatic rings. The second-order valence-electron chi connectivity index (χ2n) is 5.88. The van der Waals surface area contributed by atoms with E-state index in [0.717, 1.165) is 18.8 Å². The van der Waals surface area contributed by atoms with Crippen LogP contribution in [0.2, 0.25) is 0 Å². The summed E-state index contributed by atoms with van der Waals surface area (Å²) in [4.78, 5) is 0. The standard InChI is InChI=1S/C16H23BrFNO2/c1-11-2-5-14(6-3-11)21-10-13(20)9-19-12-4-7-15(17)16(18)8-12/h4,7-8,11,13-14,19-20H,2-3,5-6,9-10H2,1H3. The van der Waals surface area contributed by atoms with Gasteiger partial charge in [0.05, 0.1) is 23.3 Å². The summed E-state index contributed by atoms with van der Waals surface area (Å²) in [5, 5.41) is 12.9. The fraction of sp³-hybridized carbons (Fsp3) is 0.625. The molecule has 2 N–H and O–H groups in total. The zero-order valence-corrected chi connectivity index (χ0v) is 13.9. The van der Waals surface area contributed by atoms with Gasteiger partial charge >= 0.3 is 0 Å².